The summed E-state index contributed by atoms with van der Waals surface area (Å²) in [5.74, 6) is -0.546. The van der Waals surface area contributed by atoms with E-state index in [1.165, 1.54) is 17.7 Å². The van der Waals surface area contributed by atoms with Gasteiger partial charge in [-0.2, -0.15) is 0 Å². The van der Waals surface area contributed by atoms with Crippen molar-refractivity contribution < 1.29 is 8.78 Å². The molecular weight excluding hydrogens is 260 g/mol. The van der Waals surface area contributed by atoms with Crippen molar-refractivity contribution in [3.05, 3.63) is 58.2 Å². The van der Waals surface area contributed by atoms with Crippen molar-refractivity contribution in [3.8, 4) is 0 Å². The standard InChI is InChI=1S/C15H15F2N3/c1-9-12-4-5-18-8-14(12)20-15(19-9)6-10-2-3-11(16)7-13(10)17/h2-3,7,18H,4-6,8H2,1H3. The molecule has 0 fully saturated rings. The van der Waals surface area contributed by atoms with E-state index in [9.17, 15) is 8.78 Å². The average molecular weight is 275 g/mol. The van der Waals surface area contributed by atoms with Crippen LogP contribution in [0.1, 0.15) is 28.3 Å². The van der Waals surface area contributed by atoms with Gasteiger partial charge in [-0.15, -0.1) is 0 Å². The van der Waals surface area contributed by atoms with Crippen LogP contribution in [-0.4, -0.2) is 16.5 Å². The van der Waals surface area contributed by atoms with Gasteiger partial charge in [0.25, 0.3) is 0 Å². The van der Waals surface area contributed by atoms with Gasteiger partial charge in [0.15, 0.2) is 0 Å². The SMILES string of the molecule is Cc1nc(Cc2ccc(F)cc2F)nc2c1CCNC2. The summed E-state index contributed by atoms with van der Waals surface area (Å²) >= 11 is 0. The van der Waals surface area contributed by atoms with Crippen LogP contribution in [0.5, 0.6) is 0 Å². The molecule has 3 rings (SSSR count). The van der Waals surface area contributed by atoms with Crippen LogP contribution in [0.4, 0.5) is 8.78 Å². The van der Waals surface area contributed by atoms with Crippen molar-refractivity contribution in [1.82, 2.24) is 15.3 Å². The highest BCUT2D eigenvalue weighted by atomic mass is 19.1. The Morgan fingerprint density at radius 3 is 2.90 bits per heavy atom. The van der Waals surface area contributed by atoms with E-state index in [1.807, 2.05) is 6.92 Å². The van der Waals surface area contributed by atoms with Gasteiger partial charge in [-0.25, -0.2) is 18.7 Å². The van der Waals surface area contributed by atoms with Gasteiger partial charge in [0.05, 0.1) is 5.69 Å². The molecule has 2 aromatic rings. The van der Waals surface area contributed by atoms with Crippen molar-refractivity contribution in [1.29, 1.82) is 0 Å². The van der Waals surface area contributed by atoms with Gasteiger partial charge in [-0.3, -0.25) is 0 Å². The van der Waals surface area contributed by atoms with E-state index in [-0.39, 0.29) is 6.42 Å². The predicted octanol–water partition coefficient (Wildman–Crippen LogP) is 2.30. The number of rotatable bonds is 2. The highest BCUT2D eigenvalue weighted by Crippen LogP contribution is 2.18. The Kier molecular flexibility index (Phi) is 3.44. The van der Waals surface area contributed by atoms with E-state index in [0.717, 1.165) is 37.0 Å². The number of hydrogen-bond donors (Lipinski definition) is 1. The molecule has 0 bridgehead atoms. The summed E-state index contributed by atoms with van der Waals surface area (Å²) in [5, 5.41) is 3.26. The molecule has 1 aliphatic rings. The second-order valence-electron chi connectivity index (χ2n) is 4.99. The first kappa shape index (κ1) is 13.1. The Morgan fingerprint density at radius 1 is 1.25 bits per heavy atom. The number of hydrogen-bond acceptors (Lipinski definition) is 3. The number of aromatic nitrogens is 2. The summed E-state index contributed by atoms with van der Waals surface area (Å²) in [4.78, 5) is 8.94. The maximum Gasteiger partial charge on any atom is 0.133 e. The van der Waals surface area contributed by atoms with Gasteiger partial charge in [0, 0.05) is 24.7 Å². The van der Waals surface area contributed by atoms with Crippen molar-refractivity contribution in [3.63, 3.8) is 0 Å². The summed E-state index contributed by atoms with van der Waals surface area (Å²) in [7, 11) is 0. The summed E-state index contributed by atoms with van der Waals surface area (Å²) < 4.78 is 26.6. The van der Waals surface area contributed by atoms with E-state index < -0.39 is 11.6 Å². The van der Waals surface area contributed by atoms with Crippen molar-refractivity contribution in [2.45, 2.75) is 26.3 Å². The monoisotopic (exact) mass is 275 g/mol. The minimum absolute atomic E-state index is 0.278. The molecule has 0 saturated carbocycles. The minimum atomic E-state index is -0.571. The molecule has 0 saturated heterocycles. The molecule has 0 amide bonds. The van der Waals surface area contributed by atoms with Crippen molar-refractivity contribution in [2.75, 3.05) is 6.54 Å². The van der Waals surface area contributed by atoms with E-state index in [0.29, 0.717) is 11.4 Å². The zero-order valence-corrected chi connectivity index (χ0v) is 11.2. The lowest BCUT2D eigenvalue weighted by molar-refractivity contribution is 0.572. The maximum absolute atomic E-state index is 13.7. The Hall–Kier alpha value is -1.88. The van der Waals surface area contributed by atoms with Crippen molar-refractivity contribution in [2.24, 2.45) is 0 Å². The molecule has 1 aliphatic heterocycles. The van der Waals surface area contributed by atoms with Crippen LogP contribution in [0.15, 0.2) is 18.2 Å². The van der Waals surface area contributed by atoms with Crippen LogP contribution >= 0.6 is 0 Å². The zero-order chi connectivity index (χ0) is 14.1. The van der Waals surface area contributed by atoms with Gasteiger partial charge < -0.3 is 5.32 Å². The molecule has 0 unspecified atom stereocenters. The van der Waals surface area contributed by atoms with Crippen LogP contribution in [0, 0.1) is 18.6 Å². The Morgan fingerprint density at radius 2 is 2.10 bits per heavy atom. The van der Waals surface area contributed by atoms with Gasteiger partial charge >= 0.3 is 0 Å². The molecule has 0 radical (unpaired) electrons. The Bertz CT molecular complexity index is 656. The van der Waals surface area contributed by atoms with Crippen LogP contribution in [0.2, 0.25) is 0 Å². The van der Waals surface area contributed by atoms with E-state index in [4.69, 9.17) is 0 Å². The highest BCUT2D eigenvalue weighted by molar-refractivity contribution is 5.29. The first-order valence-corrected chi connectivity index (χ1v) is 6.63. The normalized spacial score (nSPS) is 14.2. The first-order chi connectivity index (χ1) is 9.63. The molecule has 1 aromatic carbocycles. The molecule has 1 aromatic heterocycles. The maximum atomic E-state index is 13.7. The molecular formula is C15H15F2N3. The number of aryl methyl sites for hydroxylation is 1. The van der Waals surface area contributed by atoms with E-state index >= 15 is 0 Å². The second kappa shape index (κ2) is 5.25. The van der Waals surface area contributed by atoms with Crippen LogP contribution in [0.3, 0.4) is 0 Å². The predicted molar refractivity (Wildman–Crippen MR) is 71.3 cm³/mol. The number of benzene rings is 1. The van der Waals surface area contributed by atoms with Crippen LogP contribution in [0.25, 0.3) is 0 Å². The van der Waals surface area contributed by atoms with Crippen molar-refractivity contribution >= 4 is 0 Å². The zero-order valence-electron chi connectivity index (χ0n) is 11.2. The molecule has 0 spiro atoms. The number of nitrogens with one attached hydrogen (secondary N) is 1. The Balaban J connectivity index is 1.93. The first-order valence-electron chi connectivity index (χ1n) is 6.63. The third-order valence-electron chi connectivity index (χ3n) is 3.55. The van der Waals surface area contributed by atoms with Gasteiger partial charge in [-0.1, -0.05) is 6.07 Å². The average Bonchev–Trinajstić information content (AvgIpc) is 2.42. The summed E-state index contributed by atoms with van der Waals surface area (Å²) in [6, 6.07) is 3.59. The van der Waals surface area contributed by atoms with Crippen LogP contribution < -0.4 is 5.32 Å². The third kappa shape index (κ3) is 2.54. The number of fused-ring (bicyclic) bond motifs is 1. The Labute approximate surface area is 116 Å². The van der Waals surface area contributed by atoms with E-state index in [1.54, 1.807) is 0 Å². The fraction of sp³-hybridized carbons (Fsp3) is 0.333. The van der Waals surface area contributed by atoms with Gasteiger partial charge in [0.1, 0.15) is 17.5 Å². The number of halogens is 2. The summed E-state index contributed by atoms with van der Waals surface area (Å²) in [6.45, 7) is 3.61. The molecule has 20 heavy (non-hydrogen) atoms. The third-order valence-corrected chi connectivity index (χ3v) is 3.55. The smallest absolute Gasteiger partial charge is 0.133 e. The van der Waals surface area contributed by atoms with Gasteiger partial charge in [0.2, 0.25) is 0 Å². The molecule has 104 valence electrons. The summed E-state index contributed by atoms with van der Waals surface area (Å²) in [5.41, 5.74) is 3.54. The molecule has 1 N–H and O–H groups in total. The lowest BCUT2D eigenvalue weighted by atomic mass is 10.0. The molecule has 0 atom stereocenters. The van der Waals surface area contributed by atoms with E-state index in [2.05, 4.69) is 15.3 Å². The second-order valence-corrected chi connectivity index (χ2v) is 4.99. The largest absolute Gasteiger partial charge is 0.311 e. The molecule has 5 heteroatoms. The topological polar surface area (TPSA) is 37.8 Å². The lowest BCUT2D eigenvalue weighted by Crippen LogP contribution is -2.26. The fourth-order valence-corrected chi connectivity index (χ4v) is 2.52. The van der Waals surface area contributed by atoms with Crippen LogP contribution in [-0.2, 0) is 19.4 Å². The molecule has 2 heterocycles. The summed E-state index contributed by atoms with van der Waals surface area (Å²) in [6.07, 6.45) is 1.20. The lowest BCUT2D eigenvalue weighted by Gasteiger charge is -2.18. The molecule has 3 nitrogen and oxygen atoms in total. The fourth-order valence-electron chi connectivity index (χ4n) is 2.52. The molecule has 0 aliphatic carbocycles. The number of nitrogens with zero attached hydrogens (tertiary/aromatic N) is 2. The quantitative estimate of drug-likeness (QED) is 0.914. The van der Waals surface area contributed by atoms with Gasteiger partial charge in [-0.05, 0) is 37.1 Å². The minimum Gasteiger partial charge on any atom is -0.311 e. The highest BCUT2D eigenvalue weighted by Gasteiger charge is 2.16.